The molecule has 0 saturated heterocycles. The Labute approximate surface area is 93.0 Å². The predicted octanol–water partition coefficient (Wildman–Crippen LogP) is 0.451. The molecular weight excluding hydrogens is 232 g/mol. The summed E-state index contributed by atoms with van der Waals surface area (Å²) in [6, 6.07) is 0. The molecule has 0 bridgehead atoms. The lowest BCUT2D eigenvalue weighted by Gasteiger charge is -1.98. The third-order valence-corrected chi connectivity index (χ3v) is 3.26. The van der Waals surface area contributed by atoms with E-state index in [9.17, 15) is 13.2 Å². The van der Waals surface area contributed by atoms with E-state index in [0.29, 0.717) is 12.8 Å². The Bertz CT molecular complexity index is 505. The van der Waals surface area contributed by atoms with Crippen LogP contribution in [0.3, 0.4) is 0 Å². The van der Waals surface area contributed by atoms with Gasteiger partial charge in [-0.15, -0.1) is 0 Å². The molecule has 6 nitrogen and oxygen atoms in total. The Morgan fingerprint density at radius 3 is 2.81 bits per heavy atom. The van der Waals surface area contributed by atoms with Crippen molar-refractivity contribution in [1.82, 2.24) is 10.1 Å². The first-order valence-corrected chi connectivity index (χ1v) is 7.05. The van der Waals surface area contributed by atoms with Gasteiger partial charge in [-0.05, 0) is 12.8 Å². The lowest BCUT2D eigenvalue weighted by atomic mass is 10.1. The van der Waals surface area contributed by atoms with Gasteiger partial charge in [-0.25, -0.2) is 8.42 Å². The van der Waals surface area contributed by atoms with Crippen molar-refractivity contribution in [3.05, 3.63) is 11.7 Å². The second-order valence-electron chi connectivity index (χ2n) is 4.03. The van der Waals surface area contributed by atoms with Crippen molar-refractivity contribution in [2.45, 2.75) is 30.9 Å². The first-order chi connectivity index (χ1) is 7.46. The summed E-state index contributed by atoms with van der Waals surface area (Å²) >= 11 is 0. The number of aromatic nitrogens is 2. The second kappa shape index (κ2) is 3.97. The fourth-order valence-electron chi connectivity index (χ4n) is 1.78. The van der Waals surface area contributed by atoms with Gasteiger partial charge >= 0.3 is 0 Å². The molecule has 1 aliphatic carbocycles. The molecule has 0 aliphatic heterocycles. The Morgan fingerprint density at radius 2 is 2.25 bits per heavy atom. The summed E-state index contributed by atoms with van der Waals surface area (Å²) < 4.78 is 26.9. The maximum absolute atomic E-state index is 11.4. The van der Waals surface area contributed by atoms with Crippen LogP contribution in [0.5, 0.6) is 0 Å². The first-order valence-electron chi connectivity index (χ1n) is 4.98. The third kappa shape index (κ3) is 2.46. The molecule has 1 atom stereocenters. The van der Waals surface area contributed by atoms with Crippen LogP contribution in [-0.4, -0.2) is 30.6 Å². The SMILES string of the molecule is CS(=O)(=O)Cc1noc(C2CCCC2=O)n1. The molecule has 7 heteroatoms. The number of nitrogens with zero attached hydrogens (tertiary/aromatic N) is 2. The number of hydrogen-bond donors (Lipinski definition) is 0. The van der Waals surface area contributed by atoms with E-state index >= 15 is 0 Å². The fraction of sp³-hybridized carbons (Fsp3) is 0.667. The summed E-state index contributed by atoms with van der Waals surface area (Å²) in [6.07, 6.45) is 3.17. The Kier molecular flexibility index (Phi) is 2.79. The van der Waals surface area contributed by atoms with Crippen molar-refractivity contribution in [3.8, 4) is 0 Å². The van der Waals surface area contributed by atoms with Gasteiger partial charge in [0.25, 0.3) is 0 Å². The highest BCUT2D eigenvalue weighted by Crippen LogP contribution is 2.29. The minimum absolute atomic E-state index is 0.0922. The average molecular weight is 244 g/mol. The van der Waals surface area contributed by atoms with Crippen molar-refractivity contribution in [3.63, 3.8) is 0 Å². The van der Waals surface area contributed by atoms with Gasteiger partial charge in [-0.3, -0.25) is 4.79 Å². The number of carbonyl (C=O) groups excluding carboxylic acids is 1. The van der Waals surface area contributed by atoms with E-state index in [-0.39, 0.29) is 29.2 Å². The van der Waals surface area contributed by atoms with Crippen molar-refractivity contribution in [2.75, 3.05) is 6.26 Å². The topological polar surface area (TPSA) is 90.1 Å². The normalized spacial score (nSPS) is 21.6. The molecule has 1 saturated carbocycles. The number of Topliss-reactive ketones (excluding diaryl/α,β-unsaturated/α-hetero) is 1. The van der Waals surface area contributed by atoms with Gasteiger partial charge in [0.1, 0.15) is 11.5 Å². The van der Waals surface area contributed by atoms with Gasteiger partial charge < -0.3 is 4.52 Å². The Balaban J connectivity index is 2.16. The largest absolute Gasteiger partial charge is 0.339 e. The van der Waals surface area contributed by atoms with E-state index in [2.05, 4.69) is 10.1 Å². The highest BCUT2D eigenvalue weighted by molar-refractivity contribution is 7.89. The molecule has 88 valence electrons. The lowest BCUT2D eigenvalue weighted by molar-refractivity contribution is -0.119. The molecule has 1 unspecified atom stereocenters. The highest BCUT2D eigenvalue weighted by Gasteiger charge is 2.31. The summed E-state index contributed by atoms with van der Waals surface area (Å²) in [5.41, 5.74) is 0. The maximum Gasteiger partial charge on any atom is 0.237 e. The van der Waals surface area contributed by atoms with Crippen LogP contribution in [0.25, 0.3) is 0 Å². The van der Waals surface area contributed by atoms with Crippen molar-refractivity contribution >= 4 is 15.6 Å². The standard InChI is InChI=1S/C9H12N2O4S/c1-16(13,14)5-8-10-9(15-11-8)6-3-2-4-7(6)12/h6H,2-5H2,1H3. The Hall–Kier alpha value is -1.24. The van der Waals surface area contributed by atoms with Gasteiger partial charge in [0.2, 0.25) is 5.89 Å². The average Bonchev–Trinajstić information content (AvgIpc) is 2.71. The number of sulfone groups is 1. The zero-order chi connectivity index (χ0) is 11.8. The maximum atomic E-state index is 11.4. The van der Waals surface area contributed by atoms with Gasteiger partial charge in [0.15, 0.2) is 15.7 Å². The van der Waals surface area contributed by atoms with Crippen LogP contribution < -0.4 is 0 Å². The molecular formula is C9H12N2O4S. The summed E-state index contributed by atoms with van der Waals surface area (Å²) in [5.74, 6) is -0.119. The van der Waals surface area contributed by atoms with E-state index in [1.54, 1.807) is 0 Å². The van der Waals surface area contributed by atoms with E-state index in [0.717, 1.165) is 12.7 Å². The molecule has 1 heterocycles. The molecule has 0 spiro atoms. The number of ketones is 1. The summed E-state index contributed by atoms with van der Waals surface area (Å²) in [5, 5.41) is 3.56. The van der Waals surface area contributed by atoms with Crippen LogP contribution in [0.1, 0.15) is 36.9 Å². The van der Waals surface area contributed by atoms with Crippen molar-refractivity contribution in [1.29, 1.82) is 0 Å². The molecule has 1 aromatic heterocycles. The van der Waals surface area contributed by atoms with Gasteiger partial charge in [0, 0.05) is 12.7 Å². The summed E-state index contributed by atoms with van der Waals surface area (Å²) in [7, 11) is -3.17. The van der Waals surface area contributed by atoms with Crippen LogP contribution in [0.2, 0.25) is 0 Å². The molecule has 2 rings (SSSR count). The van der Waals surface area contributed by atoms with Gasteiger partial charge in [-0.2, -0.15) is 4.98 Å². The predicted molar refractivity (Wildman–Crippen MR) is 54.4 cm³/mol. The zero-order valence-electron chi connectivity index (χ0n) is 8.84. The molecule has 0 amide bonds. The van der Waals surface area contributed by atoms with Crippen LogP contribution in [-0.2, 0) is 20.4 Å². The molecule has 0 radical (unpaired) electrons. The van der Waals surface area contributed by atoms with E-state index in [4.69, 9.17) is 4.52 Å². The van der Waals surface area contributed by atoms with Crippen molar-refractivity contribution < 1.29 is 17.7 Å². The third-order valence-electron chi connectivity index (χ3n) is 2.48. The molecule has 1 aliphatic rings. The first kappa shape index (κ1) is 11.3. The van der Waals surface area contributed by atoms with E-state index in [1.807, 2.05) is 0 Å². The molecule has 0 N–H and O–H groups in total. The monoisotopic (exact) mass is 244 g/mol. The van der Waals surface area contributed by atoms with Gasteiger partial charge in [0.05, 0.1) is 5.92 Å². The summed E-state index contributed by atoms with van der Waals surface area (Å²) in [6.45, 7) is 0. The molecule has 1 aromatic rings. The number of carbonyl (C=O) groups is 1. The van der Waals surface area contributed by atoms with Crippen LogP contribution >= 0.6 is 0 Å². The quantitative estimate of drug-likeness (QED) is 0.766. The van der Waals surface area contributed by atoms with E-state index < -0.39 is 9.84 Å². The molecule has 0 aromatic carbocycles. The number of hydrogen-bond acceptors (Lipinski definition) is 6. The van der Waals surface area contributed by atoms with Crippen LogP contribution in [0.15, 0.2) is 4.52 Å². The number of rotatable bonds is 3. The fourth-order valence-corrected chi connectivity index (χ4v) is 2.37. The molecule has 16 heavy (non-hydrogen) atoms. The lowest BCUT2D eigenvalue weighted by Crippen LogP contribution is -2.06. The summed E-state index contributed by atoms with van der Waals surface area (Å²) in [4.78, 5) is 15.4. The highest BCUT2D eigenvalue weighted by atomic mass is 32.2. The van der Waals surface area contributed by atoms with Crippen LogP contribution in [0.4, 0.5) is 0 Å². The van der Waals surface area contributed by atoms with Crippen LogP contribution in [0, 0.1) is 0 Å². The minimum atomic E-state index is -3.17. The smallest absolute Gasteiger partial charge is 0.237 e. The zero-order valence-corrected chi connectivity index (χ0v) is 9.66. The van der Waals surface area contributed by atoms with E-state index in [1.165, 1.54) is 0 Å². The van der Waals surface area contributed by atoms with Crippen molar-refractivity contribution in [2.24, 2.45) is 0 Å². The Morgan fingerprint density at radius 1 is 1.50 bits per heavy atom. The minimum Gasteiger partial charge on any atom is -0.339 e. The second-order valence-corrected chi connectivity index (χ2v) is 6.17. The molecule has 1 fully saturated rings. The van der Waals surface area contributed by atoms with Gasteiger partial charge in [-0.1, -0.05) is 5.16 Å².